The second-order valence-electron chi connectivity index (χ2n) is 8.02. The average molecular weight is 404 g/mol. The van der Waals surface area contributed by atoms with Crippen LogP contribution in [0.1, 0.15) is 44.0 Å². The van der Waals surface area contributed by atoms with Gasteiger partial charge >= 0.3 is 0 Å². The number of rotatable bonds is 7. The molecule has 150 valence electrons. The van der Waals surface area contributed by atoms with Gasteiger partial charge in [0.25, 0.3) is 0 Å². The Balaban J connectivity index is 1.29. The van der Waals surface area contributed by atoms with E-state index in [4.69, 9.17) is 5.84 Å². The second-order valence-corrected chi connectivity index (χ2v) is 8.96. The average Bonchev–Trinajstić information content (AvgIpc) is 3.39. The molecule has 4 unspecified atom stereocenters. The number of benzene rings is 1. The van der Waals surface area contributed by atoms with Crippen molar-refractivity contribution in [3.63, 3.8) is 0 Å². The van der Waals surface area contributed by atoms with E-state index in [-0.39, 0.29) is 29.9 Å². The smallest absolute Gasteiger partial charge is 0.230 e. The lowest BCUT2D eigenvalue weighted by Crippen LogP contribution is -2.41. The van der Waals surface area contributed by atoms with Crippen molar-refractivity contribution >= 4 is 17.7 Å². The summed E-state index contributed by atoms with van der Waals surface area (Å²) >= 11 is 1.25. The normalized spacial score (nSPS) is 24.4. The summed E-state index contributed by atoms with van der Waals surface area (Å²) in [6, 6.07) is 6.72. The van der Waals surface area contributed by atoms with Gasteiger partial charge < -0.3 is 11.2 Å². The maximum absolute atomic E-state index is 13.8. The Labute approximate surface area is 168 Å². The van der Waals surface area contributed by atoms with Crippen molar-refractivity contribution in [2.75, 3.05) is 11.6 Å². The minimum absolute atomic E-state index is 0.0149. The number of aromatic nitrogens is 3. The predicted octanol–water partition coefficient (Wildman–Crippen LogP) is 2.75. The molecule has 1 heterocycles. The number of thioether (sulfide) groups is 1. The topological polar surface area (TPSA) is 85.8 Å². The minimum Gasteiger partial charge on any atom is -0.353 e. The van der Waals surface area contributed by atoms with Crippen LogP contribution < -0.4 is 11.2 Å². The van der Waals surface area contributed by atoms with Crippen LogP contribution in [0.2, 0.25) is 0 Å². The van der Waals surface area contributed by atoms with E-state index in [0.29, 0.717) is 22.5 Å². The van der Waals surface area contributed by atoms with Crippen molar-refractivity contribution in [3.8, 4) is 0 Å². The van der Waals surface area contributed by atoms with E-state index in [2.05, 4.69) is 22.4 Å². The number of halogens is 1. The van der Waals surface area contributed by atoms with Crippen molar-refractivity contribution in [1.29, 1.82) is 0 Å². The molecule has 4 rings (SSSR count). The number of hydrogen-bond acceptors (Lipinski definition) is 5. The molecule has 2 fully saturated rings. The lowest BCUT2D eigenvalue weighted by atomic mass is 9.84. The van der Waals surface area contributed by atoms with E-state index < -0.39 is 0 Å². The highest BCUT2D eigenvalue weighted by Crippen LogP contribution is 2.49. The molecule has 0 radical (unpaired) electrons. The van der Waals surface area contributed by atoms with E-state index in [1.165, 1.54) is 48.2 Å². The predicted molar refractivity (Wildman–Crippen MR) is 107 cm³/mol. The van der Waals surface area contributed by atoms with Crippen molar-refractivity contribution in [2.24, 2.45) is 17.8 Å². The summed E-state index contributed by atoms with van der Waals surface area (Å²) in [6.45, 7) is 2.12. The zero-order valence-corrected chi connectivity index (χ0v) is 16.8. The number of hydrogen-bond donors (Lipinski definition) is 2. The van der Waals surface area contributed by atoms with Crippen LogP contribution in [-0.4, -0.2) is 32.6 Å². The molecule has 28 heavy (non-hydrogen) atoms. The molecule has 8 heteroatoms. The standard InChI is InChI=1S/C20H26FN5OS/c1-12(16-9-13-6-7-14(16)8-13)23-19(27)11-28-20-25-24-18(26(20)22)10-15-4-2-3-5-17(15)21/h2-5,12-14,16H,6-11,22H2,1H3,(H,23,27). The molecular formula is C20H26FN5OS. The van der Waals surface area contributed by atoms with Crippen molar-refractivity contribution in [3.05, 3.63) is 41.5 Å². The van der Waals surface area contributed by atoms with Gasteiger partial charge in [-0.1, -0.05) is 36.4 Å². The molecule has 0 saturated heterocycles. The molecule has 6 nitrogen and oxygen atoms in total. The molecule has 1 aromatic heterocycles. The fourth-order valence-electron chi connectivity index (χ4n) is 4.78. The number of nitrogens with zero attached hydrogens (tertiary/aromatic N) is 3. The number of fused-ring (bicyclic) bond motifs is 2. The fourth-order valence-corrected chi connectivity index (χ4v) is 5.46. The molecule has 1 amide bonds. The fraction of sp³-hybridized carbons (Fsp3) is 0.550. The summed E-state index contributed by atoms with van der Waals surface area (Å²) in [5.41, 5.74) is 0.510. The molecule has 2 aliphatic rings. The first-order valence-electron chi connectivity index (χ1n) is 9.86. The quantitative estimate of drug-likeness (QED) is 0.548. The maximum Gasteiger partial charge on any atom is 0.230 e. The van der Waals surface area contributed by atoms with Gasteiger partial charge in [-0.15, -0.1) is 10.2 Å². The summed E-state index contributed by atoms with van der Waals surface area (Å²) in [6.07, 6.45) is 5.51. The Morgan fingerprint density at radius 2 is 2.18 bits per heavy atom. The van der Waals surface area contributed by atoms with Crippen LogP contribution in [0.25, 0.3) is 0 Å². The minimum atomic E-state index is -0.298. The molecule has 2 aliphatic carbocycles. The molecule has 0 aliphatic heterocycles. The second kappa shape index (κ2) is 8.11. The largest absolute Gasteiger partial charge is 0.353 e. The molecule has 3 N–H and O–H groups in total. The summed E-state index contributed by atoms with van der Waals surface area (Å²) in [5.74, 6) is 8.69. The number of nitrogen functional groups attached to an aromatic ring is 1. The molecule has 2 aromatic rings. The number of carbonyl (C=O) groups excluding carboxylic acids is 1. The first kappa shape index (κ1) is 19.2. The van der Waals surface area contributed by atoms with Crippen LogP contribution in [-0.2, 0) is 11.2 Å². The Bertz CT molecular complexity index is 857. The highest BCUT2D eigenvalue weighted by atomic mass is 32.2. The van der Waals surface area contributed by atoms with Crippen LogP contribution in [0.15, 0.2) is 29.4 Å². The first-order chi connectivity index (χ1) is 13.5. The molecule has 2 saturated carbocycles. The van der Waals surface area contributed by atoms with Gasteiger partial charge in [-0.2, -0.15) is 0 Å². The van der Waals surface area contributed by atoms with Gasteiger partial charge in [0, 0.05) is 12.5 Å². The number of nitrogens with one attached hydrogen (secondary N) is 1. The lowest BCUT2D eigenvalue weighted by Gasteiger charge is -2.28. The summed E-state index contributed by atoms with van der Waals surface area (Å²) in [5, 5.41) is 11.7. The molecule has 1 aromatic carbocycles. The van der Waals surface area contributed by atoms with Gasteiger partial charge in [0.05, 0.1) is 5.75 Å². The van der Waals surface area contributed by atoms with Crippen LogP contribution in [0.3, 0.4) is 0 Å². The Kier molecular flexibility index (Phi) is 5.57. The van der Waals surface area contributed by atoms with Crippen LogP contribution in [0.4, 0.5) is 4.39 Å². The molecular weight excluding hydrogens is 377 g/mol. The summed E-state index contributed by atoms with van der Waals surface area (Å²) in [7, 11) is 0. The Morgan fingerprint density at radius 1 is 1.36 bits per heavy atom. The monoisotopic (exact) mass is 403 g/mol. The van der Waals surface area contributed by atoms with Crippen molar-refractivity contribution in [1.82, 2.24) is 20.2 Å². The van der Waals surface area contributed by atoms with E-state index in [9.17, 15) is 9.18 Å². The highest BCUT2D eigenvalue weighted by Gasteiger charge is 2.42. The van der Waals surface area contributed by atoms with E-state index in [1.54, 1.807) is 18.2 Å². The number of amides is 1. The highest BCUT2D eigenvalue weighted by molar-refractivity contribution is 7.99. The first-order valence-corrected chi connectivity index (χ1v) is 10.8. The van der Waals surface area contributed by atoms with Crippen LogP contribution in [0, 0.1) is 23.6 Å². The number of carbonyl (C=O) groups is 1. The Hall–Kier alpha value is -2.09. The SMILES string of the molecule is CC(NC(=O)CSc1nnc(Cc2ccccc2F)n1N)C1CC2CCC1C2. The zero-order chi connectivity index (χ0) is 19.7. The van der Waals surface area contributed by atoms with Crippen molar-refractivity contribution < 1.29 is 9.18 Å². The number of nitrogens with two attached hydrogens (primary N) is 1. The third-order valence-corrected chi connectivity index (χ3v) is 7.14. The third-order valence-electron chi connectivity index (χ3n) is 6.20. The van der Waals surface area contributed by atoms with Gasteiger partial charge in [0.2, 0.25) is 11.1 Å². The van der Waals surface area contributed by atoms with E-state index in [1.807, 2.05) is 0 Å². The van der Waals surface area contributed by atoms with Crippen LogP contribution >= 0.6 is 11.8 Å². The lowest BCUT2D eigenvalue weighted by molar-refractivity contribution is -0.119. The van der Waals surface area contributed by atoms with E-state index >= 15 is 0 Å². The van der Waals surface area contributed by atoms with Gasteiger partial charge in [-0.25, -0.2) is 9.07 Å². The van der Waals surface area contributed by atoms with Gasteiger partial charge in [0.15, 0.2) is 5.82 Å². The van der Waals surface area contributed by atoms with Crippen LogP contribution in [0.5, 0.6) is 0 Å². The van der Waals surface area contributed by atoms with Crippen molar-refractivity contribution in [2.45, 2.75) is 50.2 Å². The molecule has 4 atom stereocenters. The Morgan fingerprint density at radius 3 is 2.89 bits per heavy atom. The van der Waals surface area contributed by atoms with Gasteiger partial charge in [-0.05, 0) is 55.6 Å². The third kappa shape index (κ3) is 4.01. The molecule has 2 bridgehead atoms. The summed E-state index contributed by atoms with van der Waals surface area (Å²) < 4.78 is 15.2. The zero-order valence-electron chi connectivity index (χ0n) is 16.0. The summed E-state index contributed by atoms with van der Waals surface area (Å²) in [4.78, 5) is 12.4. The molecule has 0 spiro atoms. The van der Waals surface area contributed by atoms with E-state index in [0.717, 1.165) is 11.8 Å². The van der Waals surface area contributed by atoms with Gasteiger partial charge in [0.1, 0.15) is 5.82 Å². The van der Waals surface area contributed by atoms with Gasteiger partial charge in [-0.3, -0.25) is 4.79 Å². The maximum atomic E-state index is 13.8.